The van der Waals surface area contributed by atoms with Gasteiger partial charge < -0.3 is 0 Å². The fourth-order valence-corrected chi connectivity index (χ4v) is 1.82. The summed E-state index contributed by atoms with van der Waals surface area (Å²) in [5, 5.41) is 21.2. The second-order valence-corrected chi connectivity index (χ2v) is 3.91. The molecule has 0 atom stereocenters. The van der Waals surface area contributed by atoms with E-state index in [1.165, 1.54) is 0 Å². The molecule has 0 N–H and O–H groups in total. The molecule has 3 rings (SSSR count). The number of benzene rings is 1. The Morgan fingerprint density at radius 1 is 1.17 bits per heavy atom. The van der Waals surface area contributed by atoms with Crippen molar-refractivity contribution in [2.75, 3.05) is 0 Å². The molecule has 2 heterocycles. The van der Waals surface area contributed by atoms with Crippen LogP contribution >= 0.6 is 0 Å². The molecule has 18 heavy (non-hydrogen) atoms. The van der Waals surface area contributed by atoms with Crippen molar-refractivity contribution in [1.29, 1.82) is 5.26 Å². The number of rotatable bonds is 1. The zero-order valence-electron chi connectivity index (χ0n) is 9.70. The molecule has 0 aliphatic carbocycles. The number of nitrogens with zero attached hydrogens (tertiary/aromatic N) is 5. The van der Waals surface area contributed by atoms with E-state index in [-0.39, 0.29) is 0 Å². The van der Waals surface area contributed by atoms with Crippen molar-refractivity contribution in [3.8, 4) is 17.3 Å². The molecule has 0 spiro atoms. The van der Waals surface area contributed by atoms with Crippen molar-refractivity contribution in [2.24, 2.45) is 0 Å². The Balaban J connectivity index is 2.24. The largest absolute Gasteiger partial charge is 0.214 e. The highest BCUT2D eigenvalue weighted by Gasteiger charge is 2.10. The van der Waals surface area contributed by atoms with Gasteiger partial charge in [0.05, 0.1) is 11.4 Å². The summed E-state index contributed by atoms with van der Waals surface area (Å²) in [6.45, 7) is 1.81. The summed E-state index contributed by atoms with van der Waals surface area (Å²) >= 11 is 0. The third-order valence-electron chi connectivity index (χ3n) is 2.78. The van der Waals surface area contributed by atoms with Crippen molar-refractivity contribution in [1.82, 2.24) is 19.8 Å². The van der Waals surface area contributed by atoms with Gasteiger partial charge in [-0.05, 0) is 6.92 Å². The molecule has 2 aromatic heterocycles. The van der Waals surface area contributed by atoms with Crippen LogP contribution in [0.15, 0.2) is 36.4 Å². The van der Waals surface area contributed by atoms with E-state index in [1.807, 2.05) is 49.4 Å². The number of aryl methyl sites for hydroxylation is 1. The third-order valence-corrected chi connectivity index (χ3v) is 2.78. The monoisotopic (exact) mass is 235 g/mol. The number of hydrogen-bond acceptors (Lipinski definition) is 4. The SMILES string of the molecule is Cc1c(C#N)nnc2cc(-c3ccccc3)nn12. The minimum absolute atomic E-state index is 0.296. The maximum absolute atomic E-state index is 8.91. The number of aromatic nitrogens is 4. The second kappa shape index (κ2) is 3.93. The molecule has 0 aliphatic heterocycles. The molecule has 5 heteroatoms. The van der Waals surface area contributed by atoms with Crippen LogP contribution in [0.2, 0.25) is 0 Å². The highest BCUT2D eigenvalue weighted by atomic mass is 15.3. The zero-order chi connectivity index (χ0) is 12.5. The molecule has 0 radical (unpaired) electrons. The molecule has 0 amide bonds. The van der Waals surface area contributed by atoms with Gasteiger partial charge >= 0.3 is 0 Å². The first-order valence-electron chi connectivity index (χ1n) is 5.48. The van der Waals surface area contributed by atoms with Crippen molar-refractivity contribution in [3.05, 3.63) is 47.8 Å². The highest BCUT2D eigenvalue weighted by Crippen LogP contribution is 2.19. The minimum atomic E-state index is 0.296. The topological polar surface area (TPSA) is 66.9 Å². The van der Waals surface area contributed by atoms with Crippen LogP contribution in [0, 0.1) is 18.3 Å². The molecule has 0 aliphatic rings. The number of nitriles is 1. The van der Waals surface area contributed by atoms with Crippen LogP contribution in [0.25, 0.3) is 16.9 Å². The Bertz CT molecular complexity index is 752. The van der Waals surface area contributed by atoms with Crippen LogP contribution in [0.3, 0.4) is 0 Å². The lowest BCUT2D eigenvalue weighted by molar-refractivity contribution is 0.841. The van der Waals surface area contributed by atoms with E-state index in [2.05, 4.69) is 15.3 Å². The van der Waals surface area contributed by atoms with Crippen molar-refractivity contribution in [3.63, 3.8) is 0 Å². The lowest BCUT2D eigenvalue weighted by Gasteiger charge is -1.98. The van der Waals surface area contributed by atoms with Crippen molar-refractivity contribution < 1.29 is 0 Å². The summed E-state index contributed by atoms with van der Waals surface area (Å²) in [4.78, 5) is 0. The van der Waals surface area contributed by atoms with Gasteiger partial charge in [0, 0.05) is 11.6 Å². The molecule has 0 fully saturated rings. The first kappa shape index (κ1) is 10.4. The van der Waals surface area contributed by atoms with Gasteiger partial charge in [-0.25, -0.2) is 4.52 Å². The normalized spacial score (nSPS) is 10.4. The first-order chi connectivity index (χ1) is 8.79. The van der Waals surface area contributed by atoms with Crippen LogP contribution in [0.1, 0.15) is 11.4 Å². The quantitative estimate of drug-likeness (QED) is 0.646. The lowest BCUT2D eigenvalue weighted by atomic mass is 10.2. The van der Waals surface area contributed by atoms with Crippen molar-refractivity contribution >= 4 is 5.65 Å². The van der Waals surface area contributed by atoms with E-state index >= 15 is 0 Å². The average Bonchev–Trinajstić information content (AvgIpc) is 2.85. The Kier molecular flexibility index (Phi) is 2.27. The Labute approximate surface area is 103 Å². The fourth-order valence-electron chi connectivity index (χ4n) is 1.82. The molecule has 86 valence electrons. The average molecular weight is 235 g/mol. The van der Waals surface area contributed by atoms with Gasteiger partial charge in [-0.15, -0.1) is 10.2 Å². The van der Waals surface area contributed by atoms with Gasteiger partial charge in [0.2, 0.25) is 0 Å². The lowest BCUT2D eigenvalue weighted by Crippen LogP contribution is -2.02. The maximum Gasteiger partial charge on any atom is 0.184 e. The van der Waals surface area contributed by atoms with Crippen LogP contribution in [-0.2, 0) is 0 Å². The van der Waals surface area contributed by atoms with Crippen LogP contribution < -0.4 is 0 Å². The molecule has 0 unspecified atom stereocenters. The summed E-state index contributed by atoms with van der Waals surface area (Å²) in [6.07, 6.45) is 0. The van der Waals surface area contributed by atoms with E-state index in [9.17, 15) is 0 Å². The van der Waals surface area contributed by atoms with E-state index < -0.39 is 0 Å². The summed E-state index contributed by atoms with van der Waals surface area (Å²) in [6, 6.07) is 13.7. The van der Waals surface area contributed by atoms with Gasteiger partial charge in [-0.1, -0.05) is 30.3 Å². The predicted molar refractivity (Wildman–Crippen MR) is 65.7 cm³/mol. The second-order valence-electron chi connectivity index (χ2n) is 3.91. The highest BCUT2D eigenvalue weighted by molar-refractivity contribution is 5.63. The summed E-state index contributed by atoms with van der Waals surface area (Å²) < 4.78 is 1.65. The smallest absolute Gasteiger partial charge is 0.184 e. The summed E-state index contributed by atoms with van der Waals surface area (Å²) in [7, 11) is 0. The predicted octanol–water partition coefficient (Wildman–Crippen LogP) is 1.97. The van der Waals surface area contributed by atoms with Crippen molar-refractivity contribution in [2.45, 2.75) is 6.92 Å². The molecule has 3 aromatic rings. The molecule has 0 saturated carbocycles. The first-order valence-corrected chi connectivity index (χ1v) is 5.48. The Morgan fingerprint density at radius 2 is 1.94 bits per heavy atom. The van der Waals surface area contributed by atoms with E-state index in [4.69, 9.17) is 5.26 Å². The van der Waals surface area contributed by atoms with Gasteiger partial charge in [-0.3, -0.25) is 0 Å². The summed E-state index contributed by atoms with van der Waals surface area (Å²) in [5.41, 5.74) is 3.48. The van der Waals surface area contributed by atoms with Crippen LogP contribution in [0.4, 0.5) is 0 Å². The molecule has 5 nitrogen and oxygen atoms in total. The van der Waals surface area contributed by atoms with Crippen LogP contribution in [-0.4, -0.2) is 19.8 Å². The van der Waals surface area contributed by atoms with E-state index in [1.54, 1.807) is 4.52 Å². The van der Waals surface area contributed by atoms with Gasteiger partial charge in [0.15, 0.2) is 11.3 Å². The standard InChI is InChI=1S/C13H9N5/c1-9-12(8-14)15-16-13-7-11(17-18(9)13)10-5-3-2-4-6-10/h2-7H,1H3. The van der Waals surface area contributed by atoms with E-state index in [0.29, 0.717) is 17.0 Å². The molecule has 0 bridgehead atoms. The molecular formula is C13H9N5. The van der Waals surface area contributed by atoms with Gasteiger partial charge in [-0.2, -0.15) is 10.4 Å². The van der Waals surface area contributed by atoms with Crippen LogP contribution in [0.5, 0.6) is 0 Å². The minimum Gasteiger partial charge on any atom is -0.214 e. The summed E-state index contributed by atoms with van der Waals surface area (Å²) in [5.74, 6) is 0. The Morgan fingerprint density at radius 3 is 2.67 bits per heavy atom. The molecular weight excluding hydrogens is 226 g/mol. The third kappa shape index (κ3) is 1.52. The van der Waals surface area contributed by atoms with Gasteiger partial charge in [0.25, 0.3) is 0 Å². The Hall–Kier alpha value is -2.74. The molecule has 0 saturated heterocycles. The van der Waals surface area contributed by atoms with Gasteiger partial charge in [0.1, 0.15) is 6.07 Å². The number of hydrogen-bond donors (Lipinski definition) is 0. The van der Waals surface area contributed by atoms with E-state index in [0.717, 1.165) is 11.3 Å². The maximum atomic E-state index is 8.91. The zero-order valence-corrected chi connectivity index (χ0v) is 9.70. The fraction of sp³-hybridized carbons (Fsp3) is 0.0769. The molecule has 1 aromatic carbocycles. The number of fused-ring (bicyclic) bond motifs is 1.